The minimum Gasteiger partial charge on any atom is -0.313 e. The Morgan fingerprint density at radius 1 is 1.31 bits per heavy atom. The van der Waals surface area contributed by atoms with E-state index in [0.717, 1.165) is 11.6 Å². The Balaban J connectivity index is 2.57. The standard InChI is InChI=1S/C14H24N2/c1-11(2)7-5-9-14(15-4)13-8-6-10-16-12(13)3/h6,8,10-11,14-15H,5,7,9H2,1-4H3. The number of aryl methyl sites for hydroxylation is 1. The smallest absolute Gasteiger partial charge is 0.0420 e. The first-order chi connectivity index (χ1) is 7.65. The number of rotatable bonds is 6. The van der Waals surface area contributed by atoms with Crippen LogP contribution in [0.15, 0.2) is 18.3 Å². The van der Waals surface area contributed by atoms with E-state index < -0.39 is 0 Å². The van der Waals surface area contributed by atoms with Gasteiger partial charge in [0.1, 0.15) is 0 Å². The highest BCUT2D eigenvalue weighted by atomic mass is 14.9. The molecule has 1 atom stereocenters. The van der Waals surface area contributed by atoms with Crippen LogP contribution in [0.1, 0.15) is 50.4 Å². The summed E-state index contributed by atoms with van der Waals surface area (Å²) in [6.07, 6.45) is 5.63. The average molecular weight is 220 g/mol. The molecule has 0 aliphatic heterocycles. The first-order valence-corrected chi connectivity index (χ1v) is 6.24. The van der Waals surface area contributed by atoms with Gasteiger partial charge in [0.15, 0.2) is 0 Å². The quantitative estimate of drug-likeness (QED) is 0.794. The second-order valence-corrected chi connectivity index (χ2v) is 4.84. The molecule has 16 heavy (non-hydrogen) atoms. The van der Waals surface area contributed by atoms with Gasteiger partial charge in [0, 0.05) is 17.9 Å². The van der Waals surface area contributed by atoms with Gasteiger partial charge in [-0.1, -0.05) is 32.8 Å². The van der Waals surface area contributed by atoms with Gasteiger partial charge in [-0.3, -0.25) is 4.98 Å². The molecule has 2 nitrogen and oxygen atoms in total. The predicted octanol–water partition coefficient (Wildman–Crippen LogP) is 3.48. The van der Waals surface area contributed by atoms with Crippen LogP contribution < -0.4 is 5.32 Å². The number of pyridine rings is 1. The number of aromatic nitrogens is 1. The highest BCUT2D eigenvalue weighted by molar-refractivity contribution is 5.22. The van der Waals surface area contributed by atoms with E-state index >= 15 is 0 Å². The molecule has 1 aromatic heterocycles. The monoisotopic (exact) mass is 220 g/mol. The summed E-state index contributed by atoms with van der Waals surface area (Å²) in [7, 11) is 2.03. The van der Waals surface area contributed by atoms with Crippen molar-refractivity contribution in [2.45, 2.75) is 46.1 Å². The second-order valence-electron chi connectivity index (χ2n) is 4.84. The Kier molecular flexibility index (Phi) is 5.47. The maximum Gasteiger partial charge on any atom is 0.0420 e. The molecule has 0 aliphatic rings. The molecule has 1 heterocycles. The number of nitrogens with zero attached hydrogens (tertiary/aromatic N) is 1. The lowest BCUT2D eigenvalue weighted by Gasteiger charge is -2.18. The molecule has 1 N–H and O–H groups in total. The van der Waals surface area contributed by atoms with Gasteiger partial charge in [-0.25, -0.2) is 0 Å². The zero-order valence-corrected chi connectivity index (χ0v) is 11.0. The van der Waals surface area contributed by atoms with Crippen molar-refractivity contribution >= 4 is 0 Å². The summed E-state index contributed by atoms with van der Waals surface area (Å²) < 4.78 is 0. The number of hydrogen-bond donors (Lipinski definition) is 1. The molecule has 0 radical (unpaired) electrons. The van der Waals surface area contributed by atoms with E-state index in [4.69, 9.17) is 0 Å². The molecular weight excluding hydrogens is 196 g/mol. The van der Waals surface area contributed by atoms with Crippen LogP contribution in [0.3, 0.4) is 0 Å². The first kappa shape index (κ1) is 13.2. The topological polar surface area (TPSA) is 24.9 Å². The maximum absolute atomic E-state index is 4.35. The van der Waals surface area contributed by atoms with Crippen molar-refractivity contribution in [1.29, 1.82) is 0 Å². The van der Waals surface area contributed by atoms with E-state index in [1.165, 1.54) is 24.8 Å². The fourth-order valence-corrected chi connectivity index (χ4v) is 2.05. The molecule has 90 valence electrons. The summed E-state index contributed by atoms with van der Waals surface area (Å²) in [6.45, 7) is 6.65. The average Bonchev–Trinajstić information content (AvgIpc) is 2.25. The Hall–Kier alpha value is -0.890. The normalized spacial score (nSPS) is 13.1. The fraction of sp³-hybridized carbons (Fsp3) is 0.643. The second kappa shape index (κ2) is 6.64. The summed E-state index contributed by atoms with van der Waals surface area (Å²) in [4.78, 5) is 4.35. The minimum absolute atomic E-state index is 0.451. The molecule has 0 aromatic carbocycles. The van der Waals surface area contributed by atoms with Crippen molar-refractivity contribution in [3.8, 4) is 0 Å². The largest absolute Gasteiger partial charge is 0.313 e. The van der Waals surface area contributed by atoms with E-state index in [-0.39, 0.29) is 0 Å². The Bertz CT molecular complexity index is 307. The lowest BCUT2D eigenvalue weighted by Crippen LogP contribution is -2.18. The van der Waals surface area contributed by atoms with Gasteiger partial charge in [0.2, 0.25) is 0 Å². The number of nitrogens with one attached hydrogen (secondary N) is 1. The molecule has 1 rings (SSSR count). The van der Waals surface area contributed by atoms with Crippen LogP contribution in [0.5, 0.6) is 0 Å². The minimum atomic E-state index is 0.451. The molecule has 0 spiro atoms. The molecule has 0 saturated heterocycles. The molecule has 0 bridgehead atoms. The Labute approximate surface area is 99.5 Å². The third-order valence-corrected chi connectivity index (χ3v) is 3.05. The van der Waals surface area contributed by atoms with Crippen LogP contribution in [-0.2, 0) is 0 Å². The zero-order chi connectivity index (χ0) is 12.0. The first-order valence-electron chi connectivity index (χ1n) is 6.24. The third-order valence-electron chi connectivity index (χ3n) is 3.05. The van der Waals surface area contributed by atoms with Crippen LogP contribution in [0, 0.1) is 12.8 Å². The lowest BCUT2D eigenvalue weighted by atomic mass is 9.97. The molecular formula is C14H24N2. The summed E-state index contributed by atoms with van der Waals surface area (Å²) in [6, 6.07) is 4.65. The van der Waals surface area contributed by atoms with Gasteiger partial charge in [-0.2, -0.15) is 0 Å². The molecule has 0 aliphatic carbocycles. The van der Waals surface area contributed by atoms with Gasteiger partial charge in [0.25, 0.3) is 0 Å². The molecule has 1 aromatic rings. The fourth-order valence-electron chi connectivity index (χ4n) is 2.05. The molecule has 1 unspecified atom stereocenters. The third kappa shape index (κ3) is 3.93. The molecule has 2 heteroatoms. The van der Waals surface area contributed by atoms with E-state index in [0.29, 0.717) is 6.04 Å². The van der Waals surface area contributed by atoms with Crippen molar-refractivity contribution in [1.82, 2.24) is 10.3 Å². The van der Waals surface area contributed by atoms with Crippen LogP contribution >= 0.6 is 0 Å². The highest BCUT2D eigenvalue weighted by Gasteiger charge is 2.11. The predicted molar refractivity (Wildman–Crippen MR) is 69.5 cm³/mol. The summed E-state index contributed by atoms with van der Waals surface area (Å²) in [5.41, 5.74) is 2.49. The molecule has 0 saturated carbocycles. The van der Waals surface area contributed by atoms with Crippen LogP contribution in [-0.4, -0.2) is 12.0 Å². The van der Waals surface area contributed by atoms with Gasteiger partial charge < -0.3 is 5.32 Å². The van der Waals surface area contributed by atoms with Crippen LogP contribution in [0.25, 0.3) is 0 Å². The van der Waals surface area contributed by atoms with Gasteiger partial charge in [-0.05, 0) is 37.9 Å². The van der Waals surface area contributed by atoms with E-state index in [2.05, 4.69) is 37.1 Å². The van der Waals surface area contributed by atoms with Crippen molar-refractivity contribution in [2.24, 2.45) is 5.92 Å². The Morgan fingerprint density at radius 3 is 2.62 bits per heavy atom. The summed E-state index contributed by atoms with van der Waals surface area (Å²) in [5.74, 6) is 0.799. The van der Waals surface area contributed by atoms with Crippen LogP contribution in [0.4, 0.5) is 0 Å². The van der Waals surface area contributed by atoms with Crippen molar-refractivity contribution in [2.75, 3.05) is 7.05 Å². The van der Waals surface area contributed by atoms with Crippen molar-refractivity contribution < 1.29 is 0 Å². The van der Waals surface area contributed by atoms with Crippen molar-refractivity contribution in [3.63, 3.8) is 0 Å². The van der Waals surface area contributed by atoms with Gasteiger partial charge in [0.05, 0.1) is 0 Å². The van der Waals surface area contributed by atoms with E-state index in [1.807, 2.05) is 19.3 Å². The maximum atomic E-state index is 4.35. The zero-order valence-electron chi connectivity index (χ0n) is 11.0. The van der Waals surface area contributed by atoms with Crippen molar-refractivity contribution in [3.05, 3.63) is 29.6 Å². The Morgan fingerprint density at radius 2 is 2.06 bits per heavy atom. The summed E-state index contributed by atoms with van der Waals surface area (Å²) in [5, 5.41) is 3.39. The van der Waals surface area contributed by atoms with Gasteiger partial charge in [-0.15, -0.1) is 0 Å². The van der Waals surface area contributed by atoms with E-state index in [9.17, 15) is 0 Å². The molecule has 0 fully saturated rings. The SMILES string of the molecule is CNC(CCCC(C)C)c1cccnc1C. The molecule has 0 amide bonds. The highest BCUT2D eigenvalue weighted by Crippen LogP contribution is 2.22. The van der Waals surface area contributed by atoms with Crippen LogP contribution in [0.2, 0.25) is 0 Å². The number of hydrogen-bond acceptors (Lipinski definition) is 2. The summed E-state index contributed by atoms with van der Waals surface area (Å²) >= 11 is 0. The lowest BCUT2D eigenvalue weighted by molar-refractivity contribution is 0.468. The van der Waals surface area contributed by atoms with Gasteiger partial charge >= 0.3 is 0 Å². The van der Waals surface area contributed by atoms with E-state index in [1.54, 1.807) is 0 Å².